The van der Waals surface area contributed by atoms with Crippen molar-refractivity contribution < 1.29 is 17.9 Å². The first-order chi connectivity index (χ1) is 8.62. The standard InChI is InChI=1S/C12H18N2O4S/c1-8-5-6-10(11(7-8)19(13,16)17)18-9(2)12(15)14(3)4/h5-7,9H,1-4H3,(H2,13,16,17). The van der Waals surface area contributed by atoms with Crippen molar-refractivity contribution in [2.24, 2.45) is 5.14 Å². The van der Waals surface area contributed by atoms with E-state index in [1.807, 2.05) is 0 Å². The van der Waals surface area contributed by atoms with Crippen molar-refractivity contribution in [3.63, 3.8) is 0 Å². The Morgan fingerprint density at radius 1 is 1.37 bits per heavy atom. The molecule has 0 spiro atoms. The van der Waals surface area contributed by atoms with Crippen LogP contribution >= 0.6 is 0 Å². The number of sulfonamides is 1. The summed E-state index contributed by atoms with van der Waals surface area (Å²) in [4.78, 5) is 12.9. The highest BCUT2D eigenvalue weighted by Crippen LogP contribution is 2.25. The molecule has 0 bridgehead atoms. The summed E-state index contributed by atoms with van der Waals surface area (Å²) < 4.78 is 28.4. The molecule has 1 rings (SSSR count). The molecule has 0 fully saturated rings. The van der Waals surface area contributed by atoms with Crippen LogP contribution in [0.15, 0.2) is 23.1 Å². The van der Waals surface area contributed by atoms with Gasteiger partial charge in [0.25, 0.3) is 5.91 Å². The van der Waals surface area contributed by atoms with Crippen LogP contribution in [0, 0.1) is 6.92 Å². The zero-order valence-electron chi connectivity index (χ0n) is 11.4. The number of ether oxygens (including phenoxy) is 1. The van der Waals surface area contributed by atoms with Crippen LogP contribution in [0.3, 0.4) is 0 Å². The van der Waals surface area contributed by atoms with Gasteiger partial charge in [0.1, 0.15) is 10.6 Å². The second-order valence-electron chi connectivity index (χ2n) is 4.49. The number of carbonyl (C=O) groups excluding carboxylic acids is 1. The average molecular weight is 286 g/mol. The number of nitrogens with two attached hydrogens (primary N) is 1. The molecular formula is C12H18N2O4S. The quantitative estimate of drug-likeness (QED) is 0.872. The molecule has 7 heteroatoms. The minimum Gasteiger partial charge on any atom is -0.479 e. The van der Waals surface area contributed by atoms with Crippen LogP contribution in [0.25, 0.3) is 0 Å². The van der Waals surface area contributed by atoms with Gasteiger partial charge in [0, 0.05) is 14.1 Å². The van der Waals surface area contributed by atoms with Crippen LogP contribution in [0.4, 0.5) is 0 Å². The number of carbonyl (C=O) groups is 1. The lowest BCUT2D eigenvalue weighted by Crippen LogP contribution is -2.35. The summed E-state index contributed by atoms with van der Waals surface area (Å²) in [5.74, 6) is -0.184. The van der Waals surface area contributed by atoms with E-state index in [0.717, 1.165) is 5.56 Å². The fraction of sp³-hybridized carbons (Fsp3) is 0.417. The third-order valence-corrected chi connectivity index (χ3v) is 3.43. The molecule has 0 heterocycles. The molecule has 1 aromatic carbocycles. The van der Waals surface area contributed by atoms with Crippen molar-refractivity contribution >= 4 is 15.9 Å². The van der Waals surface area contributed by atoms with Crippen LogP contribution in [0.5, 0.6) is 5.75 Å². The van der Waals surface area contributed by atoms with Crippen LogP contribution in [0.1, 0.15) is 12.5 Å². The number of amides is 1. The molecule has 0 saturated heterocycles. The lowest BCUT2D eigenvalue weighted by Gasteiger charge is -2.19. The topological polar surface area (TPSA) is 89.7 Å². The number of likely N-dealkylation sites (N-methyl/N-ethyl adjacent to an activating group) is 1. The Kier molecular flexibility index (Phi) is 4.54. The molecule has 0 aromatic heterocycles. The summed E-state index contributed by atoms with van der Waals surface area (Å²) >= 11 is 0. The Hall–Kier alpha value is -1.60. The predicted molar refractivity (Wildman–Crippen MR) is 71.3 cm³/mol. The zero-order chi connectivity index (χ0) is 14.8. The van der Waals surface area contributed by atoms with Gasteiger partial charge < -0.3 is 9.64 Å². The van der Waals surface area contributed by atoms with Gasteiger partial charge in [-0.25, -0.2) is 13.6 Å². The van der Waals surface area contributed by atoms with E-state index >= 15 is 0 Å². The summed E-state index contributed by atoms with van der Waals surface area (Å²) in [7, 11) is -0.707. The summed E-state index contributed by atoms with van der Waals surface area (Å²) in [6, 6.07) is 4.60. The smallest absolute Gasteiger partial charge is 0.262 e. The molecule has 1 atom stereocenters. The Bertz CT molecular complexity index is 581. The molecule has 106 valence electrons. The van der Waals surface area contributed by atoms with Gasteiger partial charge >= 0.3 is 0 Å². The number of aryl methyl sites for hydroxylation is 1. The van der Waals surface area contributed by atoms with Crippen LogP contribution in [-0.4, -0.2) is 39.4 Å². The molecule has 1 aromatic rings. The highest BCUT2D eigenvalue weighted by atomic mass is 32.2. The second kappa shape index (κ2) is 5.58. The Balaban J connectivity index is 3.12. The molecule has 1 unspecified atom stereocenters. The van der Waals surface area contributed by atoms with E-state index in [1.165, 1.54) is 17.0 Å². The van der Waals surface area contributed by atoms with Crippen molar-refractivity contribution in [3.05, 3.63) is 23.8 Å². The minimum absolute atomic E-state index is 0.0794. The van der Waals surface area contributed by atoms with Crippen molar-refractivity contribution in [2.45, 2.75) is 24.8 Å². The molecule has 1 amide bonds. The highest BCUT2D eigenvalue weighted by Gasteiger charge is 2.21. The van der Waals surface area contributed by atoms with Gasteiger partial charge in [-0.05, 0) is 31.5 Å². The van der Waals surface area contributed by atoms with Gasteiger partial charge in [0.15, 0.2) is 6.10 Å². The largest absolute Gasteiger partial charge is 0.479 e. The van der Waals surface area contributed by atoms with E-state index in [2.05, 4.69) is 0 Å². The fourth-order valence-electron chi connectivity index (χ4n) is 1.54. The van der Waals surface area contributed by atoms with Crippen molar-refractivity contribution in [2.75, 3.05) is 14.1 Å². The molecule has 0 aliphatic rings. The molecular weight excluding hydrogens is 268 g/mol. The van der Waals surface area contributed by atoms with Gasteiger partial charge in [-0.3, -0.25) is 4.79 Å². The molecule has 2 N–H and O–H groups in total. The zero-order valence-corrected chi connectivity index (χ0v) is 12.2. The molecule has 0 saturated carbocycles. The third kappa shape index (κ3) is 3.93. The second-order valence-corrected chi connectivity index (χ2v) is 6.02. The number of primary sulfonamides is 1. The summed E-state index contributed by atoms with van der Waals surface area (Å²) in [6.07, 6.45) is -0.793. The summed E-state index contributed by atoms with van der Waals surface area (Å²) in [5.41, 5.74) is 0.739. The predicted octanol–water partition coefficient (Wildman–Crippen LogP) is 0.498. The fourth-order valence-corrected chi connectivity index (χ4v) is 2.29. The lowest BCUT2D eigenvalue weighted by atomic mass is 10.2. The summed E-state index contributed by atoms with van der Waals surface area (Å²) in [6.45, 7) is 3.29. The van der Waals surface area contributed by atoms with Crippen molar-refractivity contribution in [3.8, 4) is 5.75 Å². The van der Waals surface area contributed by atoms with E-state index in [1.54, 1.807) is 34.0 Å². The first kappa shape index (κ1) is 15.5. The minimum atomic E-state index is -3.90. The van der Waals surface area contributed by atoms with Crippen molar-refractivity contribution in [1.29, 1.82) is 0 Å². The van der Waals surface area contributed by atoms with E-state index in [0.29, 0.717) is 0 Å². The van der Waals surface area contributed by atoms with Gasteiger partial charge in [-0.2, -0.15) is 0 Å². The Labute approximate surface area is 113 Å². The van der Waals surface area contributed by atoms with Gasteiger partial charge in [-0.15, -0.1) is 0 Å². The van der Waals surface area contributed by atoms with E-state index in [9.17, 15) is 13.2 Å². The number of rotatable bonds is 4. The normalized spacial score (nSPS) is 12.9. The number of nitrogens with zero attached hydrogens (tertiary/aromatic N) is 1. The first-order valence-corrected chi connectivity index (χ1v) is 7.19. The maximum Gasteiger partial charge on any atom is 0.262 e. The number of hydrogen-bond acceptors (Lipinski definition) is 4. The van der Waals surface area contributed by atoms with E-state index in [4.69, 9.17) is 9.88 Å². The molecule has 19 heavy (non-hydrogen) atoms. The SMILES string of the molecule is Cc1ccc(OC(C)C(=O)N(C)C)c(S(N)(=O)=O)c1. The average Bonchev–Trinajstić information content (AvgIpc) is 2.28. The Morgan fingerprint density at radius 3 is 2.42 bits per heavy atom. The Morgan fingerprint density at radius 2 is 1.95 bits per heavy atom. The van der Waals surface area contributed by atoms with Gasteiger partial charge in [0.2, 0.25) is 10.0 Å². The molecule has 0 aliphatic carbocycles. The van der Waals surface area contributed by atoms with Crippen LogP contribution in [0.2, 0.25) is 0 Å². The van der Waals surface area contributed by atoms with Crippen molar-refractivity contribution in [1.82, 2.24) is 4.90 Å². The highest BCUT2D eigenvalue weighted by molar-refractivity contribution is 7.89. The maximum atomic E-state index is 11.7. The monoisotopic (exact) mass is 286 g/mol. The van der Waals surface area contributed by atoms with Gasteiger partial charge in [-0.1, -0.05) is 6.07 Å². The molecule has 0 radical (unpaired) electrons. The van der Waals surface area contributed by atoms with Crippen LogP contribution in [-0.2, 0) is 14.8 Å². The van der Waals surface area contributed by atoms with E-state index in [-0.39, 0.29) is 16.6 Å². The first-order valence-electron chi connectivity index (χ1n) is 5.64. The lowest BCUT2D eigenvalue weighted by molar-refractivity contribution is -0.135. The number of hydrogen-bond donors (Lipinski definition) is 1. The van der Waals surface area contributed by atoms with Crippen LogP contribution < -0.4 is 9.88 Å². The number of benzene rings is 1. The summed E-state index contributed by atoms with van der Waals surface area (Å²) in [5, 5.41) is 5.13. The molecule has 0 aliphatic heterocycles. The molecule has 6 nitrogen and oxygen atoms in total. The third-order valence-electron chi connectivity index (χ3n) is 2.50. The van der Waals surface area contributed by atoms with Gasteiger partial charge in [0.05, 0.1) is 0 Å². The maximum absolute atomic E-state index is 11.7. The van der Waals surface area contributed by atoms with E-state index < -0.39 is 16.1 Å².